The number of rotatable bonds is 5. The van der Waals surface area contributed by atoms with Crippen LogP contribution in [-0.2, 0) is 0 Å². The van der Waals surface area contributed by atoms with Crippen LogP contribution in [0.15, 0.2) is 12.1 Å². The first-order valence-electron chi connectivity index (χ1n) is 7.23. The molecule has 3 heteroatoms. The van der Waals surface area contributed by atoms with E-state index in [1.165, 1.54) is 37.0 Å². The van der Waals surface area contributed by atoms with Crippen LogP contribution in [0.4, 0.5) is 0 Å². The molecule has 0 aliphatic heterocycles. The van der Waals surface area contributed by atoms with Gasteiger partial charge in [-0.15, -0.1) is 11.3 Å². The predicted octanol–water partition coefficient (Wildman–Crippen LogP) is 5.27. The van der Waals surface area contributed by atoms with Crippen molar-refractivity contribution in [3.63, 3.8) is 0 Å². The van der Waals surface area contributed by atoms with Gasteiger partial charge in [-0.1, -0.05) is 44.7 Å². The Bertz CT molecular complexity index is 363. The molecule has 0 aromatic carbocycles. The number of nitrogens with one attached hydrogen (secondary N) is 1. The molecular formula is C15H24ClNS. The first-order valence-corrected chi connectivity index (χ1v) is 8.42. The third-order valence-corrected chi connectivity index (χ3v) is 5.51. The summed E-state index contributed by atoms with van der Waals surface area (Å²) in [6.07, 6.45) is 6.90. The maximum atomic E-state index is 6.09. The maximum absolute atomic E-state index is 6.09. The van der Waals surface area contributed by atoms with Crippen molar-refractivity contribution in [2.24, 2.45) is 11.8 Å². The summed E-state index contributed by atoms with van der Waals surface area (Å²) in [4.78, 5) is 1.42. The van der Waals surface area contributed by atoms with E-state index in [2.05, 4.69) is 25.2 Å². The zero-order valence-corrected chi connectivity index (χ0v) is 13.0. The maximum Gasteiger partial charge on any atom is 0.0931 e. The van der Waals surface area contributed by atoms with Crippen LogP contribution >= 0.6 is 22.9 Å². The fourth-order valence-electron chi connectivity index (χ4n) is 3.22. The summed E-state index contributed by atoms with van der Waals surface area (Å²) in [5.74, 6) is 1.72. The number of hydrogen-bond donors (Lipinski definition) is 1. The van der Waals surface area contributed by atoms with E-state index in [4.69, 9.17) is 11.6 Å². The average Bonchev–Trinajstić information content (AvgIpc) is 2.82. The van der Waals surface area contributed by atoms with E-state index < -0.39 is 0 Å². The van der Waals surface area contributed by atoms with Crippen LogP contribution in [0.2, 0.25) is 4.34 Å². The number of halogens is 1. The van der Waals surface area contributed by atoms with Crippen LogP contribution in [0.1, 0.15) is 56.9 Å². The molecular weight excluding hydrogens is 262 g/mol. The molecule has 3 atom stereocenters. The Balaban J connectivity index is 2.09. The number of hydrogen-bond acceptors (Lipinski definition) is 2. The second-order valence-corrected chi connectivity index (χ2v) is 7.12. The largest absolute Gasteiger partial charge is 0.309 e. The van der Waals surface area contributed by atoms with Crippen molar-refractivity contribution in [1.29, 1.82) is 0 Å². The zero-order chi connectivity index (χ0) is 13.0. The van der Waals surface area contributed by atoms with Gasteiger partial charge in [0.2, 0.25) is 0 Å². The molecule has 1 heterocycles. The Kier molecular flexibility index (Phi) is 5.53. The smallest absolute Gasteiger partial charge is 0.0931 e. The van der Waals surface area contributed by atoms with Crippen LogP contribution in [0, 0.1) is 11.8 Å². The molecule has 1 nitrogen and oxygen atoms in total. The summed E-state index contributed by atoms with van der Waals surface area (Å²) in [6.45, 7) is 5.56. The fourth-order valence-corrected chi connectivity index (χ4v) is 4.45. The van der Waals surface area contributed by atoms with E-state index in [-0.39, 0.29) is 0 Å². The number of thiophene rings is 1. The summed E-state index contributed by atoms with van der Waals surface area (Å²) in [5.41, 5.74) is 0. The molecule has 2 rings (SSSR count). The second-order valence-electron chi connectivity index (χ2n) is 5.38. The Hall–Kier alpha value is -0.0500. The van der Waals surface area contributed by atoms with Crippen molar-refractivity contribution in [2.75, 3.05) is 6.54 Å². The zero-order valence-electron chi connectivity index (χ0n) is 11.4. The Morgan fingerprint density at radius 2 is 2.22 bits per heavy atom. The molecule has 1 aliphatic rings. The van der Waals surface area contributed by atoms with Crippen LogP contribution < -0.4 is 5.32 Å². The molecule has 0 saturated heterocycles. The van der Waals surface area contributed by atoms with Gasteiger partial charge in [0.1, 0.15) is 0 Å². The lowest BCUT2D eigenvalue weighted by Crippen LogP contribution is -2.31. The van der Waals surface area contributed by atoms with Crippen LogP contribution in [-0.4, -0.2) is 6.54 Å². The van der Waals surface area contributed by atoms with Gasteiger partial charge in [0.05, 0.1) is 4.34 Å². The second kappa shape index (κ2) is 6.93. The fraction of sp³-hybridized carbons (Fsp3) is 0.733. The molecule has 1 saturated carbocycles. The summed E-state index contributed by atoms with van der Waals surface area (Å²) < 4.78 is 0.913. The normalized spacial score (nSPS) is 26.2. The lowest BCUT2D eigenvalue weighted by molar-refractivity contribution is 0.212. The average molecular weight is 286 g/mol. The van der Waals surface area contributed by atoms with E-state index in [9.17, 15) is 0 Å². The van der Waals surface area contributed by atoms with Crippen molar-refractivity contribution in [1.82, 2.24) is 5.32 Å². The Morgan fingerprint density at radius 3 is 2.83 bits per heavy atom. The van der Waals surface area contributed by atoms with E-state index in [0.29, 0.717) is 6.04 Å². The van der Waals surface area contributed by atoms with Crippen LogP contribution in [0.25, 0.3) is 0 Å². The van der Waals surface area contributed by atoms with Gasteiger partial charge < -0.3 is 5.32 Å². The minimum Gasteiger partial charge on any atom is -0.309 e. The van der Waals surface area contributed by atoms with Crippen molar-refractivity contribution < 1.29 is 0 Å². The standard InChI is InChI=1S/C15H24ClNS/c1-3-11-6-5-7-12(10-11)15(17-4-2)13-8-9-14(16)18-13/h8-9,11-12,15,17H,3-7,10H2,1-2H3. The van der Waals surface area contributed by atoms with Gasteiger partial charge in [-0.05, 0) is 43.4 Å². The van der Waals surface area contributed by atoms with Crippen molar-refractivity contribution >= 4 is 22.9 Å². The van der Waals surface area contributed by atoms with Gasteiger partial charge in [0, 0.05) is 10.9 Å². The van der Waals surface area contributed by atoms with E-state index in [1.54, 1.807) is 11.3 Å². The summed E-state index contributed by atoms with van der Waals surface area (Å²) >= 11 is 7.83. The molecule has 1 aliphatic carbocycles. The summed E-state index contributed by atoms with van der Waals surface area (Å²) in [5, 5.41) is 3.68. The van der Waals surface area contributed by atoms with Crippen molar-refractivity contribution in [2.45, 2.75) is 52.0 Å². The molecule has 1 N–H and O–H groups in total. The van der Waals surface area contributed by atoms with Gasteiger partial charge in [0.15, 0.2) is 0 Å². The molecule has 0 radical (unpaired) electrons. The van der Waals surface area contributed by atoms with Gasteiger partial charge in [-0.2, -0.15) is 0 Å². The molecule has 0 amide bonds. The van der Waals surface area contributed by atoms with E-state index >= 15 is 0 Å². The molecule has 1 aromatic heterocycles. The molecule has 1 fully saturated rings. The van der Waals surface area contributed by atoms with E-state index in [1.807, 2.05) is 6.07 Å². The highest BCUT2D eigenvalue weighted by Crippen LogP contribution is 2.40. The first kappa shape index (κ1) is 14.4. The lowest BCUT2D eigenvalue weighted by Gasteiger charge is -2.34. The minimum atomic E-state index is 0.516. The molecule has 0 bridgehead atoms. The Morgan fingerprint density at radius 1 is 1.39 bits per heavy atom. The molecule has 102 valence electrons. The third-order valence-electron chi connectivity index (χ3n) is 4.20. The highest BCUT2D eigenvalue weighted by atomic mass is 35.5. The first-order chi connectivity index (χ1) is 8.74. The highest BCUT2D eigenvalue weighted by molar-refractivity contribution is 7.16. The topological polar surface area (TPSA) is 12.0 Å². The van der Waals surface area contributed by atoms with Crippen molar-refractivity contribution in [3.8, 4) is 0 Å². The summed E-state index contributed by atoms with van der Waals surface area (Å²) in [7, 11) is 0. The van der Waals surface area contributed by atoms with Gasteiger partial charge in [-0.3, -0.25) is 0 Å². The Labute approximate surface area is 120 Å². The van der Waals surface area contributed by atoms with E-state index in [0.717, 1.165) is 22.7 Å². The minimum absolute atomic E-state index is 0.516. The quantitative estimate of drug-likeness (QED) is 0.777. The molecule has 0 spiro atoms. The predicted molar refractivity (Wildman–Crippen MR) is 81.5 cm³/mol. The van der Waals surface area contributed by atoms with Crippen molar-refractivity contribution in [3.05, 3.63) is 21.3 Å². The van der Waals surface area contributed by atoms with Gasteiger partial charge in [-0.25, -0.2) is 0 Å². The monoisotopic (exact) mass is 285 g/mol. The SMILES string of the molecule is CCNC(c1ccc(Cl)s1)C1CCCC(CC)C1. The van der Waals surface area contributed by atoms with Gasteiger partial charge in [0.25, 0.3) is 0 Å². The third kappa shape index (κ3) is 3.49. The highest BCUT2D eigenvalue weighted by Gasteiger charge is 2.29. The molecule has 18 heavy (non-hydrogen) atoms. The molecule has 1 aromatic rings. The lowest BCUT2D eigenvalue weighted by atomic mass is 9.76. The molecule has 3 unspecified atom stereocenters. The summed E-state index contributed by atoms with van der Waals surface area (Å²) in [6, 6.07) is 4.75. The van der Waals surface area contributed by atoms with Crippen LogP contribution in [0.5, 0.6) is 0 Å². The van der Waals surface area contributed by atoms with Crippen LogP contribution in [0.3, 0.4) is 0 Å². The van der Waals surface area contributed by atoms with Gasteiger partial charge >= 0.3 is 0 Å².